The van der Waals surface area contributed by atoms with Crippen LogP contribution >= 0.6 is 12.4 Å². The first kappa shape index (κ1) is 18.1. The van der Waals surface area contributed by atoms with E-state index in [1.54, 1.807) is 0 Å². The summed E-state index contributed by atoms with van der Waals surface area (Å²) >= 11 is 0. The van der Waals surface area contributed by atoms with Gasteiger partial charge >= 0.3 is 11.9 Å². The molecule has 1 aromatic heterocycles. The molecule has 1 aromatic carbocycles. The molecule has 2 rings (SSSR count). The van der Waals surface area contributed by atoms with Crippen molar-refractivity contribution in [2.75, 3.05) is 0 Å². The van der Waals surface area contributed by atoms with Crippen LogP contribution in [0.1, 0.15) is 26.4 Å². The fraction of sp³-hybridized carbons (Fsp3) is 0.0714. The number of benzene rings is 1. The number of aryl methyl sites for hydroxylation is 1. The number of hydrogen-bond acceptors (Lipinski definition) is 5. The smallest absolute Gasteiger partial charge is 0.338 e. The third-order valence-corrected chi connectivity index (χ3v) is 3.06. The lowest BCUT2D eigenvalue weighted by molar-refractivity contribution is -0.384. The van der Waals surface area contributed by atoms with Crippen molar-refractivity contribution in [1.29, 1.82) is 0 Å². The summed E-state index contributed by atoms with van der Waals surface area (Å²) in [6.45, 7) is 1.43. The van der Waals surface area contributed by atoms with Crippen molar-refractivity contribution in [3.05, 3.63) is 57.4 Å². The van der Waals surface area contributed by atoms with Crippen LogP contribution < -0.4 is 0 Å². The monoisotopic (exact) mass is 338 g/mol. The Morgan fingerprint density at radius 3 is 2.39 bits per heavy atom. The number of nitrogens with zero attached hydrogens (tertiary/aromatic N) is 2. The van der Waals surface area contributed by atoms with Gasteiger partial charge in [-0.1, -0.05) is 12.1 Å². The Morgan fingerprint density at radius 2 is 1.87 bits per heavy atom. The van der Waals surface area contributed by atoms with Crippen molar-refractivity contribution >= 4 is 30.0 Å². The van der Waals surface area contributed by atoms with Crippen molar-refractivity contribution in [2.45, 2.75) is 6.92 Å². The maximum absolute atomic E-state index is 11.4. The van der Waals surface area contributed by atoms with Crippen LogP contribution in [0.2, 0.25) is 0 Å². The molecule has 120 valence electrons. The van der Waals surface area contributed by atoms with Gasteiger partial charge in [-0.25, -0.2) is 9.59 Å². The van der Waals surface area contributed by atoms with E-state index in [2.05, 4.69) is 4.98 Å². The zero-order chi connectivity index (χ0) is 16.4. The van der Waals surface area contributed by atoms with Gasteiger partial charge in [0.05, 0.1) is 21.7 Å². The average molecular weight is 339 g/mol. The number of nitro benzene ring substituents is 1. The fourth-order valence-corrected chi connectivity index (χ4v) is 2.10. The second-order valence-corrected chi connectivity index (χ2v) is 4.43. The Hall–Kier alpha value is -3.00. The zero-order valence-electron chi connectivity index (χ0n) is 11.7. The van der Waals surface area contributed by atoms with Crippen LogP contribution in [0, 0.1) is 17.0 Å². The fourth-order valence-electron chi connectivity index (χ4n) is 2.10. The summed E-state index contributed by atoms with van der Waals surface area (Å²) < 4.78 is 0. The van der Waals surface area contributed by atoms with Crippen molar-refractivity contribution in [3.8, 4) is 11.1 Å². The summed E-state index contributed by atoms with van der Waals surface area (Å²) in [6.07, 6.45) is 1.04. The number of aromatic carboxylic acids is 2. The minimum Gasteiger partial charge on any atom is -0.478 e. The number of rotatable bonds is 4. The summed E-state index contributed by atoms with van der Waals surface area (Å²) in [5, 5.41) is 29.4. The van der Waals surface area contributed by atoms with Gasteiger partial charge in [0, 0.05) is 23.9 Å². The molecular formula is C14H11ClN2O6. The normalized spacial score (nSPS) is 9.78. The maximum atomic E-state index is 11.4. The van der Waals surface area contributed by atoms with Gasteiger partial charge in [-0.2, -0.15) is 0 Å². The highest BCUT2D eigenvalue weighted by molar-refractivity contribution is 6.05. The molecule has 23 heavy (non-hydrogen) atoms. The minimum atomic E-state index is -1.36. The summed E-state index contributed by atoms with van der Waals surface area (Å²) in [5.74, 6) is -2.72. The Morgan fingerprint density at radius 1 is 1.22 bits per heavy atom. The molecule has 0 saturated carbocycles. The van der Waals surface area contributed by atoms with E-state index in [9.17, 15) is 29.9 Å². The van der Waals surface area contributed by atoms with Gasteiger partial charge in [-0.05, 0) is 12.5 Å². The van der Waals surface area contributed by atoms with E-state index in [1.165, 1.54) is 25.1 Å². The van der Waals surface area contributed by atoms with E-state index >= 15 is 0 Å². The molecule has 0 amide bonds. The Labute approximate surface area is 136 Å². The molecule has 0 aliphatic rings. The summed E-state index contributed by atoms with van der Waals surface area (Å²) in [7, 11) is 0. The molecule has 0 saturated heterocycles. The highest BCUT2D eigenvalue weighted by atomic mass is 35.5. The molecule has 0 spiro atoms. The lowest BCUT2D eigenvalue weighted by Gasteiger charge is -2.12. The van der Waals surface area contributed by atoms with Gasteiger partial charge in [-0.3, -0.25) is 15.1 Å². The molecule has 2 aromatic rings. The summed E-state index contributed by atoms with van der Waals surface area (Å²) in [4.78, 5) is 36.8. The van der Waals surface area contributed by atoms with Gasteiger partial charge in [0.25, 0.3) is 5.69 Å². The first-order valence-corrected chi connectivity index (χ1v) is 6.04. The molecule has 8 nitrogen and oxygen atoms in total. The molecule has 0 radical (unpaired) electrons. The van der Waals surface area contributed by atoms with Crippen LogP contribution in [0.25, 0.3) is 11.1 Å². The molecule has 0 bridgehead atoms. The predicted octanol–water partition coefficient (Wildman–Crippen LogP) is 2.78. The largest absolute Gasteiger partial charge is 0.478 e. The number of carboxylic acid groups (broad SMARTS) is 2. The second kappa shape index (κ2) is 6.84. The van der Waals surface area contributed by atoms with Gasteiger partial charge in [0.15, 0.2) is 0 Å². The third-order valence-electron chi connectivity index (χ3n) is 3.06. The molecule has 0 aliphatic carbocycles. The Kier molecular flexibility index (Phi) is 5.37. The van der Waals surface area contributed by atoms with Crippen molar-refractivity contribution in [3.63, 3.8) is 0 Å². The van der Waals surface area contributed by atoms with E-state index in [0.29, 0.717) is 0 Å². The number of non-ortho nitro benzene ring substituents is 1. The summed E-state index contributed by atoms with van der Waals surface area (Å²) in [5.41, 5.74) is -0.728. The number of hydrogen-bond donors (Lipinski definition) is 2. The lowest BCUT2D eigenvalue weighted by atomic mass is 9.94. The second-order valence-electron chi connectivity index (χ2n) is 4.43. The van der Waals surface area contributed by atoms with Crippen molar-refractivity contribution < 1.29 is 24.7 Å². The van der Waals surface area contributed by atoms with Crippen LogP contribution in [0.3, 0.4) is 0 Å². The van der Waals surface area contributed by atoms with Crippen LogP contribution in [0.4, 0.5) is 5.69 Å². The third kappa shape index (κ3) is 3.43. The van der Waals surface area contributed by atoms with Gasteiger partial charge in [0.2, 0.25) is 0 Å². The number of halogens is 1. The SMILES string of the molecule is Cc1ncc(C(=O)O)c(-c2cccc([N+](=O)[O-])c2)c1C(=O)O.Cl. The lowest BCUT2D eigenvalue weighted by Crippen LogP contribution is -2.11. The van der Waals surface area contributed by atoms with E-state index in [0.717, 1.165) is 12.3 Å². The molecule has 0 aliphatic heterocycles. The summed E-state index contributed by atoms with van der Waals surface area (Å²) in [6, 6.07) is 5.15. The number of pyridine rings is 1. The minimum absolute atomic E-state index is 0. The first-order valence-electron chi connectivity index (χ1n) is 6.04. The quantitative estimate of drug-likeness (QED) is 0.647. The average Bonchev–Trinajstić information content (AvgIpc) is 2.46. The molecule has 0 unspecified atom stereocenters. The van der Waals surface area contributed by atoms with Gasteiger partial charge < -0.3 is 10.2 Å². The van der Waals surface area contributed by atoms with Crippen LogP contribution in [-0.2, 0) is 0 Å². The molecule has 0 atom stereocenters. The topological polar surface area (TPSA) is 131 Å². The molecule has 0 fully saturated rings. The highest BCUT2D eigenvalue weighted by Gasteiger charge is 2.24. The first-order chi connectivity index (χ1) is 10.3. The van der Waals surface area contributed by atoms with Crippen LogP contribution in [0.5, 0.6) is 0 Å². The van der Waals surface area contributed by atoms with E-state index < -0.39 is 16.9 Å². The Bertz CT molecular complexity index is 806. The predicted molar refractivity (Wildman–Crippen MR) is 82.2 cm³/mol. The number of aromatic nitrogens is 1. The van der Waals surface area contributed by atoms with E-state index in [-0.39, 0.29) is 46.0 Å². The van der Waals surface area contributed by atoms with Crippen molar-refractivity contribution in [1.82, 2.24) is 4.98 Å². The number of carboxylic acids is 2. The number of carbonyl (C=O) groups is 2. The van der Waals surface area contributed by atoms with Crippen LogP contribution in [0.15, 0.2) is 30.5 Å². The number of nitro groups is 1. The Balaban J connectivity index is 0.00000264. The van der Waals surface area contributed by atoms with Gasteiger partial charge in [-0.15, -0.1) is 12.4 Å². The molecular weight excluding hydrogens is 328 g/mol. The van der Waals surface area contributed by atoms with E-state index in [1.807, 2.05) is 0 Å². The molecule has 9 heteroatoms. The molecule has 1 heterocycles. The standard InChI is InChI=1S/C14H10N2O6.ClH/c1-7-11(14(19)20)12(10(6-15-7)13(17)18)8-3-2-4-9(5-8)16(21)22;/h2-6H,1H3,(H,17,18)(H,19,20);1H. The van der Waals surface area contributed by atoms with Gasteiger partial charge in [0.1, 0.15) is 0 Å². The van der Waals surface area contributed by atoms with Crippen molar-refractivity contribution in [2.24, 2.45) is 0 Å². The molecule has 2 N–H and O–H groups in total. The van der Waals surface area contributed by atoms with E-state index in [4.69, 9.17) is 0 Å². The highest BCUT2D eigenvalue weighted by Crippen LogP contribution is 2.31. The zero-order valence-corrected chi connectivity index (χ0v) is 12.5. The maximum Gasteiger partial charge on any atom is 0.338 e. The van der Waals surface area contributed by atoms with Crippen LogP contribution in [-0.4, -0.2) is 32.1 Å².